The molecule has 2 atom stereocenters. The summed E-state index contributed by atoms with van der Waals surface area (Å²) in [7, 11) is 1.56. The highest BCUT2D eigenvalue weighted by Crippen LogP contribution is 2.27. The fourth-order valence-electron chi connectivity index (χ4n) is 2.91. The van der Waals surface area contributed by atoms with Gasteiger partial charge < -0.3 is 14.8 Å². The number of benzene rings is 1. The molecular formula is C18H24N4O4S. The molecule has 1 aromatic carbocycles. The Morgan fingerprint density at radius 2 is 2.37 bits per heavy atom. The molecule has 1 saturated heterocycles. The molecule has 0 unspecified atom stereocenters. The SMILES string of the molecule is COc1ccc(C)cc1NC(=O)[C@@H](C)Sc1n[nH]c(=O)n1C[C@@H]1CCCO1. The lowest BCUT2D eigenvalue weighted by Crippen LogP contribution is -2.27. The van der Waals surface area contributed by atoms with Crippen LogP contribution in [-0.4, -0.2) is 45.7 Å². The van der Waals surface area contributed by atoms with Crippen molar-refractivity contribution in [3.05, 3.63) is 34.2 Å². The van der Waals surface area contributed by atoms with E-state index >= 15 is 0 Å². The largest absolute Gasteiger partial charge is 0.495 e. The van der Waals surface area contributed by atoms with Crippen molar-refractivity contribution in [1.82, 2.24) is 14.8 Å². The third-order valence-electron chi connectivity index (χ3n) is 4.40. The summed E-state index contributed by atoms with van der Waals surface area (Å²) in [5, 5.41) is 9.44. The second-order valence-corrected chi connectivity index (χ2v) is 7.82. The number of aromatic nitrogens is 3. The van der Waals surface area contributed by atoms with Crippen LogP contribution in [0, 0.1) is 6.92 Å². The highest BCUT2D eigenvalue weighted by molar-refractivity contribution is 8.00. The number of amides is 1. The molecule has 1 aliphatic heterocycles. The van der Waals surface area contributed by atoms with Crippen LogP contribution in [0.1, 0.15) is 25.3 Å². The van der Waals surface area contributed by atoms with Crippen LogP contribution in [-0.2, 0) is 16.1 Å². The maximum atomic E-state index is 12.6. The first-order chi connectivity index (χ1) is 13.0. The number of aryl methyl sites for hydroxylation is 1. The van der Waals surface area contributed by atoms with Gasteiger partial charge in [-0.1, -0.05) is 17.8 Å². The smallest absolute Gasteiger partial charge is 0.344 e. The Labute approximate surface area is 161 Å². The van der Waals surface area contributed by atoms with Crippen LogP contribution >= 0.6 is 11.8 Å². The molecule has 1 fully saturated rings. The molecule has 1 aliphatic rings. The monoisotopic (exact) mass is 392 g/mol. The lowest BCUT2D eigenvalue weighted by atomic mass is 10.2. The molecule has 0 spiro atoms. The third kappa shape index (κ3) is 4.72. The van der Waals surface area contributed by atoms with Crippen molar-refractivity contribution in [2.75, 3.05) is 19.0 Å². The van der Waals surface area contributed by atoms with Crippen LogP contribution in [0.2, 0.25) is 0 Å². The Hall–Kier alpha value is -2.26. The van der Waals surface area contributed by atoms with E-state index in [0.717, 1.165) is 25.0 Å². The van der Waals surface area contributed by atoms with E-state index in [2.05, 4.69) is 15.5 Å². The number of rotatable bonds is 7. The summed E-state index contributed by atoms with van der Waals surface area (Å²) >= 11 is 1.23. The van der Waals surface area contributed by atoms with Gasteiger partial charge >= 0.3 is 5.69 Å². The summed E-state index contributed by atoms with van der Waals surface area (Å²) < 4.78 is 12.4. The van der Waals surface area contributed by atoms with Crippen LogP contribution in [0.4, 0.5) is 5.69 Å². The first-order valence-electron chi connectivity index (χ1n) is 8.87. The van der Waals surface area contributed by atoms with E-state index in [9.17, 15) is 9.59 Å². The summed E-state index contributed by atoms with van der Waals surface area (Å²) in [6, 6.07) is 5.59. The second kappa shape index (κ2) is 8.62. The minimum absolute atomic E-state index is 0.0142. The summed E-state index contributed by atoms with van der Waals surface area (Å²) in [6.45, 7) is 4.88. The summed E-state index contributed by atoms with van der Waals surface area (Å²) in [5.41, 5.74) is 1.35. The van der Waals surface area contributed by atoms with Gasteiger partial charge in [-0.2, -0.15) is 0 Å². The number of ether oxygens (including phenoxy) is 2. The fraction of sp³-hybridized carbons (Fsp3) is 0.500. The number of hydrogen-bond acceptors (Lipinski definition) is 6. The van der Waals surface area contributed by atoms with Gasteiger partial charge in [-0.3, -0.25) is 9.36 Å². The predicted molar refractivity (Wildman–Crippen MR) is 104 cm³/mol. The molecular weight excluding hydrogens is 368 g/mol. The lowest BCUT2D eigenvalue weighted by Gasteiger charge is -2.15. The van der Waals surface area contributed by atoms with E-state index in [1.807, 2.05) is 25.1 Å². The summed E-state index contributed by atoms with van der Waals surface area (Å²) in [6.07, 6.45) is 1.93. The maximum Gasteiger partial charge on any atom is 0.344 e. The van der Waals surface area contributed by atoms with Crippen molar-refractivity contribution in [3.8, 4) is 5.75 Å². The van der Waals surface area contributed by atoms with Gasteiger partial charge in [0.05, 0.1) is 30.7 Å². The highest BCUT2D eigenvalue weighted by Gasteiger charge is 2.23. The van der Waals surface area contributed by atoms with E-state index < -0.39 is 5.25 Å². The molecule has 0 bridgehead atoms. The number of thioether (sulfide) groups is 1. The molecule has 146 valence electrons. The molecule has 8 nitrogen and oxygen atoms in total. The van der Waals surface area contributed by atoms with Crippen LogP contribution in [0.3, 0.4) is 0 Å². The van der Waals surface area contributed by atoms with Gasteiger partial charge in [0.1, 0.15) is 5.75 Å². The predicted octanol–water partition coefficient (Wildman–Crippen LogP) is 2.19. The number of carbonyl (C=O) groups excluding carboxylic acids is 1. The van der Waals surface area contributed by atoms with E-state index in [1.54, 1.807) is 14.0 Å². The van der Waals surface area contributed by atoms with Crippen molar-refractivity contribution in [2.45, 2.75) is 49.7 Å². The lowest BCUT2D eigenvalue weighted by molar-refractivity contribution is -0.115. The number of aromatic amines is 1. The number of nitrogens with one attached hydrogen (secondary N) is 2. The Bertz CT molecular complexity index is 857. The number of anilines is 1. The molecule has 2 heterocycles. The quantitative estimate of drug-likeness (QED) is 0.701. The Balaban J connectivity index is 1.68. The highest BCUT2D eigenvalue weighted by atomic mass is 32.2. The van der Waals surface area contributed by atoms with E-state index in [4.69, 9.17) is 9.47 Å². The van der Waals surface area contributed by atoms with Gasteiger partial charge in [0.25, 0.3) is 0 Å². The zero-order chi connectivity index (χ0) is 19.4. The van der Waals surface area contributed by atoms with Gasteiger partial charge in [0.15, 0.2) is 5.16 Å². The fourth-order valence-corrected chi connectivity index (χ4v) is 3.78. The van der Waals surface area contributed by atoms with Crippen LogP contribution < -0.4 is 15.7 Å². The minimum Gasteiger partial charge on any atom is -0.495 e. The van der Waals surface area contributed by atoms with E-state index in [-0.39, 0.29) is 17.7 Å². The normalized spacial score (nSPS) is 17.7. The van der Waals surface area contributed by atoms with Crippen LogP contribution in [0.25, 0.3) is 0 Å². The van der Waals surface area contributed by atoms with Crippen molar-refractivity contribution < 1.29 is 14.3 Å². The summed E-state index contributed by atoms with van der Waals surface area (Å²) in [5.74, 6) is 0.407. The zero-order valence-electron chi connectivity index (χ0n) is 15.7. The first kappa shape index (κ1) is 19.5. The molecule has 1 amide bonds. The second-order valence-electron chi connectivity index (χ2n) is 6.51. The van der Waals surface area contributed by atoms with Gasteiger partial charge in [-0.25, -0.2) is 9.89 Å². The number of methoxy groups -OCH3 is 1. The van der Waals surface area contributed by atoms with Crippen LogP contribution in [0.5, 0.6) is 5.75 Å². The third-order valence-corrected chi connectivity index (χ3v) is 5.49. The summed E-state index contributed by atoms with van der Waals surface area (Å²) in [4.78, 5) is 24.7. The number of H-pyrrole nitrogens is 1. The number of nitrogens with zero attached hydrogens (tertiary/aromatic N) is 2. The Kier molecular flexibility index (Phi) is 6.22. The van der Waals surface area contributed by atoms with Crippen molar-refractivity contribution in [2.24, 2.45) is 0 Å². The van der Waals surface area contributed by atoms with Crippen molar-refractivity contribution in [1.29, 1.82) is 0 Å². The average Bonchev–Trinajstić information content (AvgIpc) is 3.27. The molecule has 2 aromatic rings. The standard InChI is InChI=1S/C18H24N4O4S/c1-11-6-7-15(25-3)14(9-11)19-16(23)12(2)27-18-21-20-17(24)22(18)10-13-5-4-8-26-13/h6-7,9,12-13H,4-5,8,10H2,1-3H3,(H,19,23)(H,20,24)/t12-,13+/m1/s1. The molecule has 0 aliphatic carbocycles. The van der Waals surface area contributed by atoms with Gasteiger partial charge in [-0.05, 0) is 44.4 Å². The van der Waals surface area contributed by atoms with Gasteiger partial charge in [0.2, 0.25) is 5.91 Å². The van der Waals surface area contributed by atoms with E-state index in [1.165, 1.54) is 16.3 Å². The molecule has 27 heavy (non-hydrogen) atoms. The zero-order valence-corrected chi connectivity index (χ0v) is 16.5. The number of hydrogen-bond donors (Lipinski definition) is 2. The first-order valence-corrected chi connectivity index (χ1v) is 9.75. The maximum absolute atomic E-state index is 12.6. The minimum atomic E-state index is -0.450. The Morgan fingerprint density at radius 3 is 3.07 bits per heavy atom. The average molecular weight is 392 g/mol. The van der Waals surface area contributed by atoms with Crippen LogP contribution in [0.15, 0.2) is 28.2 Å². The Morgan fingerprint density at radius 1 is 1.56 bits per heavy atom. The molecule has 0 saturated carbocycles. The van der Waals surface area contributed by atoms with Crippen molar-refractivity contribution >= 4 is 23.4 Å². The molecule has 9 heteroatoms. The molecule has 1 aromatic heterocycles. The van der Waals surface area contributed by atoms with E-state index in [0.29, 0.717) is 23.1 Å². The van der Waals surface area contributed by atoms with Gasteiger partial charge in [-0.15, -0.1) is 5.10 Å². The molecule has 0 radical (unpaired) electrons. The van der Waals surface area contributed by atoms with Gasteiger partial charge in [0, 0.05) is 6.61 Å². The topological polar surface area (TPSA) is 98.2 Å². The van der Waals surface area contributed by atoms with Crippen molar-refractivity contribution in [3.63, 3.8) is 0 Å². The number of carbonyl (C=O) groups is 1. The molecule has 3 rings (SSSR count). The molecule has 2 N–H and O–H groups in total.